The number of anilines is 4. The molecule has 0 fully saturated rings. The maximum absolute atomic E-state index is 12.2. The minimum atomic E-state index is -3.54. The van der Waals surface area contributed by atoms with E-state index < -0.39 is 10.0 Å². The summed E-state index contributed by atoms with van der Waals surface area (Å²) in [4.78, 5) is 8.66. The van der Waals surface area contributed by atoms with Crippen LogP contribution in [-0.4, -0.2) is 24.9 Å². The van der Waals surface area contributed by atoms with Crippen molar-refractivity contribution in [3.63, 3.8) is 0 Å². The molecule has 3 N–H and O–H groups in total. The van der Waals surface area contributed by atoms with E-state index in [1.807, 2.05) is 19.9 Å². The second-order valence-corrected chi connectivity index (χ2v) is 8.31. The van der Waals surface area contributed by atoms with Gasteiger partial charge in [0.2, 0.25) is 0 Å². The Morgan fingerprint density at radius 3 is 2.38 bits per heavy atom. The van der Waals surface area contributed by atoms with Gasteiger partial charge in [-0.15, -0.1) is 11.3 Å². The van der Waals surface area contributed by atoms with Gasteiger partial charge in [0.05, 0.1) is 0 Å². The molecule has 1 aromatic carbocycles. The monoisotopic (exact) mass is 389 g/mol. The van der Waals surface area contributed by atoms with Crippen LogP contribution in [0, 0.1) is 6.92 Å². The first-order valence-corrected chi connectivity index (χ1v) is 10.4. The minimum absolute atomic E-state index is 0.284. The van der Waals surface area contributed by atoms with Gasteiger partial charge < -0.3 is 10.6 Å². The largest absolute Gasteiger partial charge is 0.370 e. The van der Waals surface area contributed by atoms with E-state index in [0.717, 1.165) is 18.1 Å². The normalized spacial score (nSPS) is 11.2. The highest BCUT2D eigenvalue weighted by Crippen LogP contribution is 2.23. The first-order valence-electron chi connectivity index (χ1n) is 7.99. The van der Waals surface area contributed by atoms with E-state index in [1.54, 1.807) is 41.8 Å². The van der Waals surface area contributed by atoms with Gasteiger partial charge in [-0.25, -0.2) is 18.4 Å². The molecule has 0 spiro atoms. The molecule has 7 nitrogen and oxygen atoms in total. The first kappa shape index (κ1) is 18.2. The zero-order valence-electron chi connectivity index (χ0n) is 14.4. The van der Waals surface area contributed by atoms with E-state index in [0.29, 0.717) is 17.3 Å². The predicted molar refractivity (Wildman–Crippen MR) is 106 cm³/mol. The van der Waals surface area contributed by atoms with Crippen molar-refractivity contribution in [3.8, 4) is 0 Å². The molecule has 0 aliphatic carbocycles. The van der Waals surface area contributed by atoms with Gasteiger partial charge in [0.25, 0.3) is 10.0 Å². The Hall–Kier alpha value is -2.65. The Bertz CT molecular complexity index is 971. The Labute approximate surface area is 156 Å². The molecular weight excluding hydrogens is 370 g/mol. The van der Waals surface area contributed by atoms with Crippen molar-refractivity contribution in [2.24, 2.45) is 0 Å². The van der Waals surface area contributed by atoms with E-state index in [4.69, 9.17) is 0 Å². The predicted octanol–water partition coefficient (Wildman–Crippen LogP) is 3.82. The fraction of sp³-hybridized carbons (Fsp3) is 0.176. The molecule has 0 aliphatic rings. The van der Waals surface area contributed by atoms with Gasteiger partial charge in [-0.1, -0.05) is 6.07 Å². The summed E-state index contributed by atoms with van der Waals surface area (Å²) in [5.41, 5.74) is 1.29. The molecule has 3 aromatic rings. The lowest BCUT2D eigenvalue weighted by Gasteiger charge is -2.10. The van der Waals surface area contributed by atoms with E-state index in [-0.39, 0.29) is 4.21 Å². The molecule has 0 unspecified atom stereocenters. The lowest BCUT2D eigenvalue weighted by atomic mass is 10.3. The van der Waals surface area contributed by atoms with Crippen molar-refractivity contribution in [2.75, 3.05) is 21.9 Å². The molecule has 9 heteroatoms. The molecule has 0 radical (unpaired) electrons. The highest BCUT2D eigenvalue weighted by atomic mass is 32.2. The summed E-state index contributed by atoms with van der Waals surface area (Å²) in [7, 11) is -3.54. The topological polar surface area (TPSA) is 96.0 Å². The number of nitrogens with one attached hydrogen (secondary N) is 3. The van der Waals surface area contributed by atoms with Crippen LogP contribution in [0.5, 0.6) is 0 Å². The number of sulfonamides is 1. The van der Waals surface area contributed by atoms with Crippen LogP contribution in [0.15, 0.2) is 52.1 Å². The van der Waals surface area contributed by atoms with Crippen LogP contribution >= 0.6 is 11.3 Å². The molecule has 0 aliphatic heterocycles. The Balaban J connectivity index is 1.72. The summed E-state index contributed by atoms with van der Waals surface area (Å²) in [6, 6.07) is 12.1. The number of thiophene rings is 1. The van der Waals surface area contributed by atoms with Gasteiger partial charge in [0.1, 0.15) is 21.7 Å². The van der Waals surface area contributed by atoms with Crippen LogP contribution in [0.4, 0.5) is 23.0 Å². The van der Waals surface area contributed by atoms with Gasteiger partial charge in [-0.05, 0) is 49.6 Å². The molecule has 0 saturated carbocycles. The minimum Gasteiger partial charge on any atom is -0.370 e. The second kappa shape index (κ2) is 7.71. The lowest BCUT2D eigenvalue weighted by Crippen LogP contribution is -2.11. The van der Waals surface area contributed by atoms with Gasteiger partial charge in [-0.3, -0.25) is 4.72 Å². The molecular formula is C17H19N5O2S2. The molecule has 0 atom stereocenters. The first-order chi connectivity index (χ1) is 12.5. The zero-order chi connectivity index (χ0) is 18.6. The maximum atomic E-state index is 12.2. The number of nitrogens with zero attached hydrogens (tertiary/aromatic N) is 2. The standard InChI is InChI=1S/C17H19N5O2S2/c1-3-18-15-11-16(20-12(2)19-15)21-13-6-8-14(9-7-13)22-26(23,24)17-5-4-10-25-17/h4-11,22H,3H2,1-2H3,(H2,18,19,20,21). The third-order valence-corrected chi connectivity index (χ3v) is 6.14. The van der Waals surface area contributed by atoms with E-state index in [2.05, 4.69) is 25.3 Å². The van der Waals surface area contributed by atoms with Gasteiger partial charge >= 0.3 is 0 Å². The third-order valence-electron chi connectivity index (χ3n) is 3.37. The molecule has 0 saturated heterocycles. The zero-order valence-corrected chi connectivity index (χ0v) is 16.0. The molecule has 0 bridgehead atoms. The average molecular weight is 390 g/mol. The smallest absolute Gasteiger partial charge is 0.271 e. The number of aryl methyl sites for hydroxylation is 1. The van der Waals surface area contributed by atoms with E-state index in [9.17, 15) is 8.42 Å². The van der Waals surface area contributed by atoms with Gasteiger partial charge in [0, 0.05) is 24.0 Å². The summed E-state index contributed by atoms with van der Waals surface area (Å²) in [5.74, 6) is 2.08. The second-order valence-electron chi connectivity index (χ2n) is 5.46. The Morgan fingerprint density at radius 1 is 1.04 bits per heavy atom. The maximum Gasteiger partial charge on any atom is 0.271 e. The number of benzene rings is 1. The van der Waals surface area contributed by atoms with Crippen molar-refractivity contribution in [1.82, 2.24) is 9.97 Å². The van der Waals surface area contributed by atoms with Crippen LogP contribution in [0.25, 0.3) is 0 Å². The van der Waals surface area contributed by atoms with E-state index >= 15 is 0 Å². The SMILES string of the molecule is CCNc1cc(Nc2ccc(NS(=O)(=O)c3cccs3)cc2)nc(C)n1. The third kappa shape index (κ3) is 4.50. The van der Waals surface area contributed by atoms with Crippen LogP contribution in [0.3, 0.4) is 0 Å². The van der Waals surface area contributed by atoms with Crippen molar-refractivity contribution in [2.45, 2.75) is 18.1 Å². The Morgan fingerprint density at radius 2 is 1.73 bits per heavy atom. The number of hydrogen-bond acceptors (Lipinski definition) is 7. The Kier molecular flexibility index (Phi) is 5.38. The fourth-order valence-corrected chi connectivity index (χ4v) is 4.35. The molecule has 0 amide bonds. The van der Waals surface area contributed by atoms with Crippen molar-refractivity contribution >= 4 is 44.4 Å². The molecule has 2 aromatic heterocycles. The average Bonchev–Trinajstić information content (AvgIpc) is 3.12. The van der Waals surface area contributed by atoms with Crippen LogP contribution in [0.2, 0.25) is 0 Å². The quantitative estimate of drug-likeness (QED) is 0.568. The fourth-order valence-electron chi connectivity index (χ4n) is 2.29. The summed E-state index contributed by atoms with van der Waals surface area (Å²) in [5, 5.41) is 8.08. The summed E-state index contributed by atoms with van der Waals surface area (Å²) < 4.78 is 27.3. The van der Waals surface area contributed by atoms with Crippen molar-refractivity contribution in [3.05, 3.63) is 53.7 Å². The number of rotatable bonds is 7. The van der Waals surface area contributed by atoms with Gasteiger partial charge in [0.15, 0.2) is 0 Å². The van der Waals surface area contributed by atoms with Crippen LogP contribution in [0.1, 0.15) is 12.7 Å². The van der Waals surface area contributed by atoms with Crippen LogP contribution in [-0.2, 0) is 10.0 Å². The van der Waals surface area contributed by atoms with E-state index in [1.165, 1.54) is 11.3 Å². The molecule has 2 heterocycles. The highest BCUT2D eigenvalue weighted by Gasteiger charge is 2.14. The molecule has 3 rings (SSSR count). The molecule has 136 valence electrons. The van der Waals surface area contributed by atoms with Gasteiger partial charge in [-0.2, -0.15) is 0 Å². The highest BCUT2D eigenvalue weighted by molar-refractivity contribution is 7.94. The molecule has 26 heavy (non-hydrogen) atoms. The number of hydrogen-bond donors (Lipinski definition) is 3. The lowest BCUT2D eigenvalue weighted by molar-refractivity contribution is 0.603. The summed E-state index contributed by atoms with van der Waals surface area (Å²) >= 11 is 1.18. The summed E-state index contributed by atoms with van der Waals surface area (Å²) in [6.07, 6.45) is 0. The summed E-state index contributed by atoms with van der Waals surface area (Å²) in [6.45, 7) is 4.60. The van der Waals surface area contributed by atoms with Crippen LogP contribution < -0.4 is 15.4 Å². The number of aromatic nitrogens is 2. The van der Waals surface area contributed by atoms with Crippen molar-refractivity contribution in [1.29, 1.82) is 0 Å². The van der Waals surface area contributed by atoms with Crippen molar-refractivity contribution < 1.29 is 8.42 Å².